The normalized spacial score (nSPS) is 15.8. The van der Waals surface area contributed by atoms with Gasteiger partial charge in [-0.05, 0) is 62.6 Å². The molecule has 234 valence electrons. The van der Waals surface area contributed by atoms with Gasteiger partial charge in [0.1, 0.15) is 6.02 Å². The number of nitrogens with one attached hydrogen (secondary N) is 2. The van der Waals surface area contributed by atoms with Gasteiger partial charge < -0.3 is 39.3 Å². The van der Waals surface area contributed by atoms with Gasteiger partial charge in [-0.15, -0.1) is 0 Å². The van der Waals surface area contributed by atoms with Crippen LogP contribution in [0, 0.1) is 5.89 Å². The number of nitrogens with two attached hydrogens (primary N) is 5. The topological polar surface area (TPSA) is 235 Å². The number of aliphatic imine (C=N–C) groups is 1. The number of primary amides is 1. The zero-order valence-electron chi connectivity index (χ0n) is 26.5. The van der Waals surface area contributed by atoms with Gasteiger partial charge in [-0.3, -0.25) is 24.2 Å². The van der Waals surface area contributed by atoms with Gasteiger partial charge in [0.2, 0.25) is 17.7 Å². The minimum atomic E-state index is -2.21. The summed E-state index contributed by atoms with van der Waals surface area (Å²) in [4.78, 5) is 56.8. The average molecular weight is 597 g/mol. The number of carbonyl (C=O) groups excluding carboxylic acids is 4. The van der Waals surface area contributed by atoms with E-state index in [0.29, 0.717) is 31.4 Å². The Morgan fingerprint density at radius 1 is 0.791 bits per heavy atom. The molecule has 0 spiro atoms. The second kappa shape index (κ2) is 19.0. The summed E-state index contributed by atoms with van der Waals surface area (Å²) in [6.07, 6.45) is 0.470. The number of Topliss-reactive ketones (excluding diaryl/α,β-unsaturated/α-hetero) is 1. The second-order valence-electron chi connectivity index (χ2n) is 10.3. The van der Waals surface area contributed by atoms with E-state index in [0.717, 1.165) is 5.56 Å². The Bertz CT molecular complexity index is 1300. The van der Waals surface area contributed by atoms with Crippen molar-refractivity contribution in [2.45, 2.75) is 69.5 Å². The van der Waals surface area contributed by atoms with E-state index >= 15 is 0 Å². The van der Waals surface area contributed by atoms with Crippen LogP contribution >= 0.6 is 0 Å². The summed E-state index contributed by atoms with van der Waals surface area (Å²) in [6.45, 7) is 0.496. The van der Waals surface area contributed by atoms with Crippen LogP contribution in [0.15, 0.2) is 65.7 Å². The van der Waals surface area contributed by atoms with Crippen LogP contribution in [-0.2, 0) is 32.0 Å². The van der Waals surface area contributed by atoms with Gasteiger partial charge in [0.05, 0.1) is 13.5 Å². The van der Waals surface area contributed by atoms with Gasteiger partial charge in [0, 0.05) is 20.2 Å². The SMILES string of the molecule is [2H][C@](CC(=O)[C@@H](CCCN=C(N)N)NC(=O)[C@@H](N)Cc1ccccc1)(Cc1ccccc1)C(=O)N[C@@]([2H])(CCCCN)C(N)=O. The van der Waals surface area contributed by atoms with Crippen molar-refractivity contribution in [1.82, 2.24) is 10.6 Å². The van der Waals surface area contributed by atoms with E-state index in [1.165, 1.54) is 0 Å². The first-order chi connectivity index (χ1) is 21.3. The Hall–Kier alpha value is -4.29. The molecule has 12 nitrogen and oxygen atoms in total. The Labute approximate surface area is 256 Å². The first-order valence-corrected chi connectivity index (χ1v) is 14.3. The fourth-order valence-corrected chi connectivity index (χ4v) is 4.37. The van der Waals surface area contributed by atoms with E-state index in [1.54, 1.807) is 30.3 Å². The van der Waals surface area contributed by atoms with Crippen LogP contribution < -0.4 is 39.3 Å². The number of guanidine groups is 1. The van der Waals surface area contributed by atoms with Gasteiger partial charge >= 0.3 is 0 Å². The van der Waals surface area contributed by atoms with Gasteiger partial charge in [0.15, 0.2) is 11.7 Å². The largest absolute Gasteiger partial charge is 0.370 e. The molecule has 0 saturated carbocycles. The second-order valence-corrected chi connectivity index (χ2v) is 10.3. The first-order valence-electron chi connectivity index (χ1n) is 15.3. The van der Waals surface area contributed by atoms with E-state index < -0.39 is 53.9 Å². The predicted molar refractivity (Wildman–Crippen MR) is 167 cm³/mol. The molecule has 0 aliphatic rings. The minimum absolute atomic E-state index is 0.102. The number of rotatable bonds is 20. The number of ketones is 1. The third-order valence-corrected chi connectivity index (χ3v) is 6.70. The number of hydrogen-bond donors (Lipinski definition) is 7. The quantitative estimate of drug-likeness (QED) is 0.0623. The van der Waals surface area contributed by atoms with Gasteiger partial charge in [-0.2, -0.15) is 0 Å². The maximum absolute atomic E-state index is 13.8. The summed E-state index contributed by atoms with van der Waals surface area (Å²) in [7, 11) is 0. The summed E-state index contributed by atoms with van der Waals surface area (Å²) in [5.74, 6) is -5.61. The molecule has 2 aromatic rings. The van der Waals surface area contributed by atoms with Crippen LogP contribution in [0.5, 0.6) is 0 Å². The first kappa shape index (κ1) is 31.6. The highest BCUT2D eigenvalue weighted by Gasteiger charge is 2.30. The Morgan fingerprint density at radius 2 is 1.40 bits per heavy atom. The molecule has 0 radical (unpaired) electrons. The highest BCUT2D eigenvalue weighted by molar-refractivity contribution is 5.94. The number of unbranched alkanes of at least 4 members (excludes halogenated alkanes) is 1. The van der Waals surface area contributed by atoms with E-state index in [1.807, 2.05) is 30.3 Å². The third kappa shape index (κ3) is 13.5. The number of amides is 3. The average Bonchev–Trinajstić information content (AvgIpc) is 2.99. The van der Waals surface area contributed by atoms with Crippen LogP contribution in [0.1, 0.15) is 52.4 Å². The van der Waals surface area contributed by atoms with E-state index in [4.69, 9.17) is 30.0 Å². The standard InChI is InChI=1S/C31H46N8O4/c32-16-8-7-14-26(28(34)41)39-29(42)23(18-21-10-3-1-4-11-21)20-27(40)25(15-9-17-37-31(35)36)38-30(43)24(33)19-22-12-5-2-6-13-22/h1-6,10-13,23-26H,7-9,14-20,32-33H2,(H2,34,41)(H,38,43)(H,39,42)(H4,35,36,37)/t23-,24+,25-,26+/m1/s1/i23D,26D. The molecule has 0 aliphatic carbocycles. The summed E-state index contributed by atoms with van der Waals surface area (Å²) >= 11 is 0. The summed E-state index contributed by atoms with van der Waals surface area (Å²) in [5.41, 5.74) is 29.4. The van der Waals surface area contributed by atoms with Crippen molar-refractivity contribution in [2.24, 2.45) is 39.6 Å². The molecule has 0 saturated heterocycles. The molecule has 0 unspecified atom stereocenters. The molecule has 12 N–H and O–H groups in total. The molecule has 3 amide bonds. The summed E-state index contributed by atoms with van der Waals surface area (Å²) < 4.78 is 17.8. The molecule has 0 heterocycles. The number of carbonyl (C=O) groups is 4. The molecule has 4 atom stereocenters. The van der Waals surface area contributed by atoms with Crippen molar-refractivity contribution in [2.75, 3.05) is 13.1 Å². The lowest BCUT2D eigenvalue weighted by molar-refractivity contribution is -0.133. The monoisotopic (exact) mass is 596 g/mol. The molecule has 0 aliphatic heterocycles. The van der Waals surface area contributed by atoms with Crippen molar-refractivity contribution in [1.29, 1.82) is 0 Å². The van der Waals surface area contributed by atoms with E-state index in [2.05, 4.69) is 15.6 Å². The zero-order chi connectivity index (χ0) is 33.5. The molecular weight excluding hydrogens is 548 g/mol. The molecule has 0 bridgehead atoms. The highest BCUT2D eigenvalue weighted by Crippen LogP contribution is 2.17. The van der Waals surface area contributed by atoms with Gasteiger partial charge in [0.25, 0.3) is 0 Å². The summed E-state index contributed by atoms with van der Waals surface area (Å²) in [6, 6.07) is 13.4. The minimum Gasteiger partial charge on any atom is -0.370 e. The molecular formula is C31H46N8O4. The number of hydrogen-bond acceptors (Lipinski definition) is 7. The van der Waals surface area contributed by atoms with Gasteiger partial charge in [-0.1, -0.05) is 60.7 Å². The lowest BCUT2D eigenvalue weighted by atomic mass is 9.89. The molecule has 2 rings (SSSR count). The smallest absolute Gasteiger partial charge is 0.239 e. The van der Waals surface area contributed by atoms with Gasteiger partial charge in [-0.25, -0.2) is 0 Å². The molecule has 0 fully saturated rings. The maximum atomic E-state index is 13.8. The fraction of sp³-hybridized carbons (Fsp3) is 0.452. The van der Waals surface area contributed by atoms with Crippen molar-refractivity contribution >= 4 is 29.5 Å². The van der Waals surface area contributed by atoms with Crippen molar-refractivity contribution in [3.63, 3.8) is 0 Å². The molecule has 12 heteroatoms. The van der Waals surface area contributed by atoms with Crippen LogP contribution in [-0.4, -0.2) is 60.7 Å². The predicted octanol–water partition coefficient (Wildman–Crippen LogP) is 0.0120. The van der Waals surface area contributed by atoms with E-state index in [9.17, 15) is 20.5 Å². The molecule has 43 heavy (non-hydrogen) atoms. The molecule has 2 aromatic carbocycles. The number of benzene rings is 2. The van der Waals surface area contributed by atoms with Crippen LogP contribution in [0.2, 0.25) is 0 Å². The fourth-order valence-electron chi connectivity index (χ4n) is 4.37. The molecule has 0 aromatic heterocycles. The zero-order valence-corrected chi connectivity index (χ0v) is 24.5. The van der Waals surface area contributed by atoms with Crippen LogP contribution in [0.4, 0.5) is 0 Å². The van der Waals surface area contributed by atoms with E-state index in [-0.39, 0.29) is 38.2 Å². The third-order valence-electron chi connectivity index (χ3n) is 6.70. The summed E-state index contributed by atoms with van der Waals surface area (Å²) in [5, 5.41) is 5.02. The lowest BCUT2D eigenvalue weighted by Gasteiger charge is -2.24. The highest BCUT2D eigenvalue weighted by atomic mass is 16.2. The number of nitrogens with zero attached hydrogens (tertiary/aromatic N) is 1. The Balaban J connectivity index is 2.34. The maximum Gasteiger partial charge on any atom is 0.239 e. The lowest BCUT2D eigenvalue weighted by Crippen LogP contribution is -2.51. The van der Waals surface area contributed by atoms with Crippen molar-refractivity contribution in [3.8, 4) is 0 Å². The van der Waals surface area contributed by atoms with Crippen molar-refractivity contribution in [3.05, 3.63) is 71.8 Å². The van der Waals surface area contributed by atoms with Crippen molar-refractivity contribution < 1.29 is 21.9 Å². The van der Waals surface area contributed by atoms with Crippen LogP contribution in [0.3, 0.4) is 0 Å². The Morgan fingerprint density at radius 3 is 1.95 bits per heavy atom. The Kier molecular flexibility index (Phi) is 14.0. The van der Waals surface area contributed by atoms with Crippen LogP contribution in [0.25, 0.3) is 0 Å².